The normalized spacial score (nSPS) is 17.3. The third kappa shape index (κ3) is 4.28. The van der Waals surface area contributed by atoms with Crippen LogP contribution in [0.25, 0.3) is 0 Å². The molecule has 0 aliphatic heterocycles. The van der Waals surface area contributed by atoms with E-state index < -0.39 is 12.1 Å². The smallest absolute Gasteiger partial charge is 0.338 e. The highest BCUT2D eigenvalue weighted by Crippen LogP contribution is 2.29. The lowest BCUT2D eigenvalue weighted by atomic mass is 9.87. The van der Waals surface area contributed by atoms with E-state index in [0.29, 0.717) is 5.56 Å². The molecule has 2 atom stereocenters. The van der Waals surface area contributed by atoms with E-state index in [9.17, 15) is 9.59 Å². The first-order valence-electron chi connectivity index (χ1n) is 8.39. The van der Waals surface area contributed by atoms with E-state index >= 15 is 0 Å². The van der Waals surface area contributed by atoms with Crippen molar-refractivity contribution in [1.29, 1.82) is 0 Å². The van der Waals surface area contributed by atoms with Crippen molar-refractivity contribution >= 4 is 27.8 Å². The first-order chi connectivity index (χ1) is 12.0. The van der Waals surface area contributed by atoms with Crippen molar-refractivity contribution in [3.05, 3.63) is 69.7 Å². The van der Waals surface area contributed by atoms with Crippen molar-refractivity contribution in [2.75, 3.05) is 0 Å². The summed E-state index contributed by atoms with van der Waals surface area (Å²) in [5.74, 6) is -0.772. The van der Waals surface area contributed by atoms with E-state index in [2.05, 4.69) is 33.4 Å². The van der Waals surface area contributed by atoms with Gasteiger partial charge in [-0.2, -0.15) is 0 Å². The first-order valence-corrected chi connectivity index (χ1v) is 9.18. The van der Waals surface area contributed by atoms with Gasteiger partial charge in [-0.1, -0.05) is 40.2 Å². The van der Waals surface area contributed by atoms with Gasteiger partial charge >= 0.3 is 5.97 Å². The molecule has 1 aliphatic rings. The minimum absolute atomic E-state index is 0.0220. The number of carbonyl (C=O) groups excluding carboxylic acids is 2. The number of hydrogen-bond donors (Lipinski definition) is 1. The number of ether oxygens (including phenoxy) is 1. The molecule has 2 aromatic rings. The Morgan fingerprint density at radius 2 is 1.88 bits per heavy atom. The van der Waals surface area contributed by atoms with Crippen LogP contribution in [0.4, 0.5) is 0 Å². The molecule has 1 aliphatic carbocycles. The van der Waals surface area contributed by atoms with E-state index in [-0.39, 0.29) is 11.9 Å². The third-order valence-corrected chi connectivity index (χ3v) is 4.95. The van der Waals surface area contributed by atoms with Gasteiger partial charge in [-0.05, 0) is 61.6 Å². The maximum Gasteiger partial charge on any atom is 0.338 e. The second-order valence-corrected chi connectivity index (χ2v) is 7.12. The van der Waals surface area contributed by atoms with Gasteiger partial charge in [-0.3, -0.25) is 4.79 Å². The van der Waals surface area contributed by atoms with Crippen LogP contribution in [0, 0.1) is 0 Å². The molecule has 3 rings (SSSR count). The van der Waals surface area contributed by atoms with Crippen molar-refractivity contribution in [1.82, 2.24) is 5.32 Å². The Morgan fingerprint density at radius 3 is 2.64 bits per heavy atom. The largest absolute Gasteiger partial charge is 0.449 e. The van der Waals surface area contributed by atoms with Gasteiger partial charge in [0, 0.05) is 4.47 Å². The average Bonchev–Trinajstić information content (AvgIpc) is 2.62. The van der Waals surface area contributed by atoms with Gasteiger partial charge in [0.05, 0.1) is 11.6 Å². The molecule has 0 unspecified atom stereocenters. The molecule has 0 radical (unpaired) electrons. The Bertz CT molecular complexity index is 773. The molecule has 0 aromatic heterocycles. The lowest BCUT2D eigenvalue weighted by Crippen LogP contribution is -2.39. The van der Waals surface area contributed by atoms with Crippen LogP contribution in [-0.2, 0) is 16.0 Å². The maximum atomic E-state index is 12.4. The molecular formula is C20H20BrNO3. The van der Waals surface area contributed by atoms with Crippen molar-refractivity contribution in [2.24, 2.45) is 0 Å². The van der Waals surface area contributed by atoms with Crippen LogP contribution in [0.2, 0.25) is 0 Å². The summed E-state index contributed by atoms with van der Waals surface area (Å²) >= 11 is 3.32. The Hall–Kier alpha value is -2.14. The molecule has 0 spiro atoms. The number of fused-ring (bicyclic) bond motifs is 1. The number of hydrogen-bond acceptors (Lipinski definition) is 3. The molecule has 130 valence electrons. The zero-order chi connectivity index (χ0) is 17.8. The highest BCUT2D eigenvalue weighted by molar-refractivity contribution is 9.10. The second-order valence-electron chi connectivity index (χ2n) is 6.21. The lowest BCUT2D eigenvalue weighted by Gasteiger charge is -2.27. The van der Waals surface area contributed by atoms with Crippen LogP contribution in [0.1, 0.15) is 47.3 Å². The van der Waals surface area contributed by atoms with E-state index in [1.165, 1.54) is 5.56 Å². The minimum atomic E-state index is -0.842. The fourth-order valence-electron chi connectivity index (χ4n) is 3.06. The quantitative estimate of drug-likeness (QED) is 0.781. The molecule has 0 saturated heterocycles. The molecule has 0 saturated carbocycles. The monoisotopic (exact) mass is 401 g/mol. The van der Waals surface area contributed by atoms with Gasteiger partial charge in [-0.25, -0.2) is 4.79 Å². The molecule has 1 N–H and O–H groups in total. The summed E-state index contributed by atoms with van der Waals surface area (Å²) in [5.41, 5.74) is 2.86. The molecule has 2 aromatic carbocycles. The first kappa shape index (κ1) is 17.7. The van der Waals surface area contributed by atoms with Crippen molar-refractivity contribution in [3.8, 4) is 0 Å². The van der Waals surface area contributed by atoms with Crippen LogP contribution >= 0.6 is 15.9 Å². The Balaban J connectivity index is 1.62. The SMILES string of the molecule is C[C@H](OC(=O)c1ccc(Br)cc1)C(=O)N[C@@H]1CCCc2ccccc21. The molecule has 5 heteroatoms. The molecular weight excluding hydrogens is 382 g/mol. The number of esters is 1. The maximum absolute atomic E-state index is 12.4. The van der Waals surface area contributed by atoms with E-state index in [4.69, 9.17) is 4.74 Å². The summed E-state index contributed by atoms with van der Waals surface area (Å²) in [6.45, 7) is 1.60. The number of amides is 1. The summed E-state index contributed by atoms with van der Waals surface area (Å²) in [7, 11) is 0. The molecule has 0 bridgehead atoms. The number of nitrogens with one attached hydrogen (secondary N) is 1. The van der Waals surface area contributed by atoms with Gasteiger partial charge in [-0.15, -0.1) is 0 Å². The lowest BCUT2D eigenvalue weighted by molar-refractivity contribution is -0.130. The molecule has 4 nitrogen and oxygen atoms in total. The number of halogens is 1. The molecule has 25 heavy (non-hydrogen) atoms. The van der Waals surface area contributed by atoms with Crippen LogP contribution in [0.5, 0.6) is 0 Å². The summed E-state index contributed by atoms with van der Waals surface area (Å²) in [5, 5.41) is 3.02. The van der Waals surface area contributed by atoms with Crippen LogP contribution < -0.4 is 5.32 Å². The highest BCUT2D eigenvalue weighted by Gasteiger charge is 2.25. The number of carbonyl (C=O) groups is 2. The Kier molecular flexibility index (Phi) is 5.53. The van der Waals surface area contributed by atoms with Gasteiger partial charge in [0.2, 0.25) is 0 Å². The van der Waals surface area contributed by atoms with E-state index in [1.807, 2.05) is 12.1 Å². The Labute approximate surface area is 155 Å². The Morgan fingerprint density at radius 1 is 1.16 bits per heavy atom. The highest BCUT2D eigenvalue weighted by atomic mass is 79.9. The van der Waals surface area contributed by atoms with Crippen LogP contribution in [0.15, 0.2) is 53.0 Å². The van der Waals surface area contributed by atoms with Gasteiger partial charge in [0.1, 0.15) is 0 Å². The number of aryl methyl sites for hydroxylation is 1. The summed E-state index contributed by atoms with van der Waals surface area (Å²) in [6.07, 6.45) is 2.13. The number of rotatable bonds is 4. The predicted molar refractivity (Wildman–Crippen MR) is 99.3 cm³/mol. The van der Waals surface area contributed by atoms with Gasteiger partial charge in [0.25, 0.3) is 5.91 Å². The second kappa shape index (κ2) is 7.83. The fraction of sp³-hybridized carbons (Fsp3) is 0.300. The fourth-order valence-corrected chi connectivity index (χ4v) is 3.33. The summed E-state index contributed by atoms with van der Waals surface area (Å²) in [4.78, 5) is 24.6. The molecule has 1 amide bonds. The standard InChI is InChI=1S/C20H20BrNO3/c1-13(25-20(24)15-9-11-16(21)12-10-15)19(23)22-18-8-4-6-14-5-2-3-7-17(14)18/h2-3,5,7,9-13,18H,4,6,8H2,1H3,(H,22,23)/t13-,18+/m0/s1. The van der Waals surface area contributed by atoms with E-state index in [0.717, 1.165) is 29.3 Å². The van der Waals surface area contributed by atoms with Crippen LogP contribution in [-0.4, -0.2) is 18.0 Å². The van der Waals surface area contributed by atoms with Gasteiger partial charge < -0.3 is 10.1 Å². The number of benzene rings is 2. The zero-order valence-corrected chi connectivity index (χ0v) is 15.6. The summed E-state index contributed by atoms with van der Waals surface area (Å²) < 4.78 is 6.18. The van der Waals surface area contributed by atoms with Crippen molar-refractivity contribution in [3.63, 3.8) is 0 Å². The van der Waals surface area contributed by atoms with Gasteiger partial charge in [0.15, 0.2) is 6.10 Å². The minimum Gasteiger partial charge on any atom is -0.449 e. The van der Waals surface area contributed by atoms with Crippen molar-refractivity contribution < 1.29 is 14.3 Å². The van der Waals surface area contributed by atoms with Crippen molar-refractivity contribution in [2.45, 2.75) is 38.3 Å². The van der Waals surface area contributed by atoms with Crippen LogP contribution in [0.3, 0.4) is 0 Å². The average molecular weight is 402 g/mol. The predicted octanol–water partition coefficient (Wildman–Crippen LogP) is 4.19. The third-order valence-electron chi connectivity index (χ3n) is 4.42. The topological polar surface area (TPSA) is 55.4 Å². The molecule has 0 fully saturated rings. The summed E-state index contributed by atoms with van der Waals surface area (Å²) in [6, 6.07) is 15.0. The molecule has 0 heterocycles. The van der Waals surface area contributed by atoms with E-state index in [1.54, 1.807) is 31.2 Å². The zero-order valence-electron chi connectivity index (χ0n) is 14.0.